The van der Waals surface area contributed by atoms with Gasteiger partial charge in [-0.1, -0.05) is 13.0 Å². The normalized spacial score (nSPS) is 24.8. The van der Waals surface area contributed by atoms with E-state index in [2.05, 4.69) is 69.2 Å². The zero-order valence-electron chi connectivity index (χ0n) is 17.8. The van der Waals surface area contributed by atoms with Crippen molar-refractivity contribution in [3.63, 3.8) is 0 Å². The first-order valence-electron chi connectivity index (χ1n) is 10.9. The summed E-state index contributed by atoms with van der Waals surface area (Å²) in [4.78, 5) is 13.9. The zero-order valence-corrected chi connectivity index (χ0v) is 17.8. The number of likely N-dealkylation sites (N-methyl/N-ethyl adjacent to an activating group) is 1. The molecule has 1 unspecified atom stereocenters. The van der Waals surface area contributed by atoms with E-state index in [9.17, 15) is 0 Å². The largest absolute Gasteiger partial charge is 0.488 e. The van der Waals surface area contributed by atoms with Gasteiger partial charge >= 0.3 is 0 Å². The second-order valence-electron chi connectivity index (χ2n) is 8.68. The molecule has 2 atom stereocenters. The SMILES string of the molecule is C=C[C@H]1CN(c2cc(C3NNc4ccc(OC5(C)CC5)cc43)ncn2)CCN1CC. The molecule has 5 rings (SSSR count). The molecule has 2 aliphatic heterocycles. The van der Waals surface area contributed by atoms with Crippen LogP contribution in [0.5, 0.6) is 5.75 Å². The Balaban J connectivity index is 1.38. The summed E-state index contributed by atoms with van der Waals surface area (Å²) < 4.78 is 6.18. The van der Waals surface area contributed by atoms with E-state index in [1.165, 1.54) is 0 Å². The zero-order chi connectivity index (χ0) is 20.7. The molecule has 1 aromatic carbocycles. The van der Waals surface area contributed by atoms with Gasteiger partial charge in [-0.3, -0.25) is 4.90 Å². The molecule has 1 saturated carbocycles. The predicted molar refractivity (Wildman–Crippen MR) is 119 cm³/mol. The molecule has 3 heterocycles. The Bertz CT molecular complexity index is 943. The first-order chi connectivity index (χ1) is 14.6. The number of rotatable bonds is 6. The fraction of sp³-hybridized carbons (Fsp3) is 0.478. The number of hydrazine groups is 1. The lowest BCUT2D eigenvalue weighted by atomic mass is 10.0. The molecule has 0 radical (unpaired) electrons. The van der Waals surface area contributed by atoms with Gasteiger partial charge in [-0.15, -0.1) is 6.58 Å². The Labute approximate surface area is 178 Å². The van der Waals surface area contributed by atoms with E-state index < -0.39 is 0 Å². The minimum absolute atomic E-state index is 0.00755. The standard InChI is InChI=1S/C23H30N6O/c1-4-16-14-29(11-10-28(16)5-2)21-13-20(24-15-25-21)22-18-12-17(30-23(3)8-9-23)6-7-19(18)26-27-22/h4,6-7,12-13,15-16,22,26-27H,1,5,8-11,14H2,2-3H3/t16-,22?/m0/s1. The summed E-state index contributed by atoms with van der Waals surface area (Å²) in [5.74, 6) is 1.89. The van der Waals surface area contributed by atoms with Crippen molar-refractivity contribution in [2.45, 2.75) is 44.4 Å². The Morgan fingerprint density at radius 1 is 1.27 bits per heavy atom. The number of ether oxygens (including phenoxy) is 1. The lowest BCUT2D eigenvalue weighted by Gasteiger charge is -2.40. The molecule has 0 bridgehead atoms. The minimum atomic E-state index is -0.0376. The summed E-state index contributed by atoms with van der Waals surface area (Å²) in [5, 5.41) is 0. The summed E-state index contributed by atoms with van der Waals surface area (Å²) in [5.41, 5.74) is 9.84. The van der Waals surface area contributed by atoms with Crippen LogP contribution in [0.4, 0.5) is 11.5 Å². The number of anilines is 2. The maximum Gasteiger partial charge on any atom is 0.132 e. The Hall–Kier alpha value is -2.64. The van der Waals surface area contributed by atoms with Gasteiger partial charge in [0.25, 0.3) is 0 Å². The van der Waals surface area contributed by atoms with E-state index >= 15 is 0 Å². The molecule has 3 aliphatic rings. The van der Waals surface area contributed by atoms with Gasteiger partial charge in [0.2, 0.25) is 0 Å². The van der Waals surface area contributed by atoms with Crippen molar-refractivity contribution in [2.24, 2.45) is 0 Å². The van der Waals surface area contributed by atoms with Gasteiger partial charge in [-0.25, -0.2) is 15.4 Å². The van der Waals surface area contributed by atoms with Crippen molar-refractivity contribution >= 4 is 11.5 Å². The van der Waals surface area contributed by atoms with Gasteiger partial charge in [-0.2, -0.15) is 0 Å². The lowest BCUT2D eigenvalue weighted by Crippen LogP contribution is -2.52. The maximum absolute atomic E-state index is 6.18. The van der Waals surface area contributed by atoms with E-state index in [4.69, 9.17) is 4.74 Å². The molecule has 1 saturated heterocycles. The number of hydrogen-bond donors (Lipinski definition) is 2. The minimum Gasteiger partial charge on any atom is -0.488 e. The summed E-state index contributed by atoms with van der Waals surface area (Å²) in [6.45, 7) is 12.3. The first kappa shape index (κ1) is 19.3. The number of nitrogens with one attached hydrogen (secondary N) is 2. The molecule has 2 N–H and O–H groups in total. The third kappa shape index (κ3) is 3.63. The number of aromatic nitrogens is 2. The van der Waals surface area contributed by atoms with Gasteiger partial charge in [0.15, 0.2) is 0 Å². The Morgan fingerprint density at radius 2 is 2.13 bits per heavy atom. The molecule has 1 aliphatic carbocycles. The van der Waals surface area contributed by atoms with Crippen LogP contribution in [0.15, 0.2) is 43.2 Å². The smallest absolute Gasteiger partial charge is 0.132 e. The molecular weight excluding hydrogens is 376 g/mol. The topological polar surface area (TPSA) is 65.5 Å². The highest BCUT2D eigenvalue weighted by Gasteiger charge is 2.40. The number of nitrogens with zero attached hydrogens (tertiary/aromatic N) is 4. The van der Waals surface area contributed by atoms with Gasteiger partial charge < -0.3 is 15.1 Å². The average Bonchev–Trinajstić information content (AvgIpc) is 3.35. The monoisotopic (exact) mass is 406 g/mol. The lowest BCUT2D eigenvalue weighted by molar-refractivity contribution is 0.200. The van der Waals surface area contributed by atoms with Crippen LogP contribution < -0.4 is 20.5 Å². The maximum atomic E-state index is 6.18. The van der Waals surface area contributed by atoms with Crippen LogP contribution in [0.25, 0.3) is 0 Å². The van der Waals surface area contributed by atoms with Crippen molar-refractivity contribution in [2.75, 3.05) is 36.5 Å². The molecule has 0 amide bonds. The van der Waals surface area contributed by atoms with Crippen molar-refractivity contribution in [1.82, 2.24) is 20.3 Å². The van der Waals surface area contributed by atoms with E-state index in [1.807, 2.05) is 12.1 Å². The fourth-order valence-corrected chi connectivity index (χ4v) is 4.34. The van der Waals surface area contributed by atoms with Crippen LogP contribution in [-0.2, 0) is 0 Å². The van der Waals surface area contributed by atoms with Crippen LogP contribution in [-0.4, -0.2) is 52.7 Å². The van der Waals surface area contributed by atoms with Crippen LogP contribution in [0.3, 0.4) is 0 Å². The van der Waals surface area contributed by atoms with Crippen LogP contribution >= 0.6 is 0 Å². The molecule has 1 aromatic heterocycles. The van der Waals surface area contributed by atoms with Crippen LogP contribution in [0, 0.1) is 0 Å². The summed E-state index contributed by atoms with van der Waals surface area (Å²) in [6.07, 6.45) is 5.95. The first-order valence-corrected chi connectivity index (χ1v) is 10.9. The molecule has 158 valence electrons. The highest BCUT2D eigenvalue weighted by molar-refractivity contribution is 5.61. The quantitative estimate of drug-likeness (QED) is 0.715. The van der Waals surface area contributed by atoms with E-state index in [0.29, 0.717) is 6.04 Å². The van der Waals surface area contributed by atoms with Crippen molar-refractivity contribution in [1.29, 1.82) is 0 Å². The van der Waals surface area contributed by atoms with Crippen LogP contribution in [0.2, 0.25) is 0 Å². The number of benzene rings is 1. The molecule has 7 heteroatoms. The number of hydrogen-bond acceptors (Lipinski definition) is 7. The number of fused-ring (bicyclic) bond motifs is 1. The molecular formula is C23H30N6O. The average molecular weight is 407 g/mol. The van der Waals surface area contributed by atoms with Crippen LogP contribution in [0.1, 0.15) is 44.0 Å². The fourth-order valence-electron chi connectivity index (χ4n) is 4.34. The summed E-state index contributed by atoms with van der Waals surface area (Å²) in [7, 11) is 0. The van der Waals surface area contributed by atoms with Gasteiger partial charge in [-0.05, 0) is 44.5 Å². The van der Waals surface area contributed by atoms with Gasteiger partial charge in [0.05, 0.1) is 17.4 Å². The van der Waals surface area contributed by atoms with Gasteiger partial charge in [0, 0.05) is 37.3 Å². The molecule has 2 fully saturated rings. The molecule has 30 heavy (non-hydrogen) atoms. The molecule has 7 nitrogen and oxygen atoms in total. The van der Waals surface area contributed by atoms with Crippen molar-refractivity contribution in [3.05, 3.63) is 54.5 Å². The Kier molecular flexibility index (Phi) is 4.87. The van der Waals surface area contributed by atoms with Gasteiger partial charge in [0.1, 0.15) is 23.5 Å². The van der Waals surface area contributed by atoms with Crippen molar-refractivity contribution in [3.8, 4) is 5.75 Å². The van der Waals surface area contributed by atoms with E-state index in [-0.39, 0.29) is 11.6 Å². The second-order valence-corrected chi connectivity index (χ2v) is 8.68. The van der Waals surface area contributed by atoms with E-state index in [1.54, 1.807) is 6.33 Å². The third-order valence-electron chi connectivity index (χ3n) is 6.51. The predicted octanol–water partition coefficient (Wildman–Crippen LogP) is 3.12. The highest BCUT2D eigenvalue weighted by Crippen LogP contribution is 2.42. The van der Waals surface area contributed by atoms with E-state index in [0.717, 1.165) is 67.5 Å². The Morgan fingerprint density at radius 3 is 2.90 bits per heavy atom. The third-order valence-corrected chi connectivity index (χ3v) is 6.51. The molecule has 2 aromatic rings. The summed E-state index contributed by atoms with van der Waals surface area (Å²) in [6, 6.07) is 8.65. The summed E-state index contributed by atoms with van der Waals surface area (Å²) >= 11 is 0. The molecule has 0 spiro atoms. The number of piperazine rings is 1. The second kappa shape index (κ2) is 7.56. The van der Waals surface area contributed by atoms with Crippen molar-refractivity contribution < 1.29 is 4.74 Å². The highest BCUT2D eigenvalue weighted by atomic mass is 16.5.